The molecule has 1 amide bonds. The Bertz CT molecular complexity index is 870. The minimum absolute atomic E-state index is 0.357. The van der Waals surface area contributed by atoms with Crippen molar-refractivity contribution in [2.24, 2.45) is 5.73 Å². The third-order valence-corrected chi connectivity index (χ3v) is 3.91. The lowest BCUT2D eigenvalue weighted by Gasteiger charge is -2.21. The number of aromatic amines is 1. The Morgan fingerprint density at radius 1 is 1.24 bits per heavy atom. The molecule has 0 aliphatic rings. The molecule has 0 fully saturated rings. The van der Waals surface area contributed by atoms with Crippen LogP contribution in [0.25, 0.3) is 21.8 Å². The van der Waals surface area contributed by atoms with Gasteiger partial charge in [-0.1, -0.05) is 24.3 Å². The van der Waals surface area contributed by atoms with E-state index in [1.807, 2.05) is 31.2 Å². The number of aryl methyl sites for hydroxylation is 1. The number of H-pyrrole nitrogens is 1. The second-order valence-corrected chi connectivity index (χ2v) is 5.96. The van der Waals surface area contributed by atoms with Crippen molar-refractivity contribution < 1.29 is 9.90 Å². The van der Waals surface area contributed by atoms with Gasteiger partial charge in [-0.3, -0.25) is 4.79 Å². The molecule has 0 saturated heterocycles. The first-order chi connectivity index (χ1) is 9.80. The van der Waals surface area contributed by atoms with Crippen LogP contribution in [-0.4, -0.2) is 16.0 Å². The largest absolute Gasteiger partial charge is 0.386 e. The van der Waals surface area contributed by atoms with E-state index in [2.05, 4.69) is 4.98 Å². The fourth-order valence-electron chi connectivity index (χ4n) is 2.97. The predicted octanol–water partition coefficient (Wildman–Crippen LogP) is 2.96. The summed E-state index contributed by atoms with van der Waals surface area (Å²) in [5, 5.41) is 12.3. The van der Waals surface area contributed by atoms with Crippen LogP contribution in [0.15, 0.2) is 30.3 Å². The van der Waals surface area contributed by atoms with Gasteiger partial charge in [0.05, 0.1) is 16.7 Å². The second-order valence-electron chi connectivity index (χ2n) is 5.96. The molecule has 0 unspecified atom stereocenters. The molecule has 3 rings (SSSR count). The standard InChI is InChI=1S/C17H18N2O2/c1-9-5-4-6-12-13(9)10-7-8-11(17(2,3)21)14(16(18)20)15(10)19-12/h4-8,19,21H,1-3H3,(H2,18,20). The molecule has 0 aliphatic heterocycles. The molecule has 4 nitrogen and oxygen atoms in total. The average molecular weight is 282 g/mol. The minimum Gasteiger partial charge on any atom is -0.386 e. The smallest absolute Gasteiger partial charge is 0.251 e. The Morgan fingerprint density at radius 2 is 1.95 bits per heavy atom. The van der Waals surface area contributed by atoms with E-state index in [1.54, 1.807) is 19.9 Å². The molecule has 4 N–H and O–H groups in total. The first-order valence-corrected chi connectivity index (χ1v) is 6.87. The Labute approximate surface area is 122 Å². The lowest BCUT2D eigenvalue weighted by Crippen LogP contribution is -2.23. The summed E-state index contributed by atoms with van der Waals surface area (Å²) < 4.78 is 0. The monoisotopic (exact) mass is 282 g/mol. The van der Waals surface area contributed by atoms with Gasteiger partial charge in [0.15, 0.2) is 0 Å². The summed E-state index contributed by atoms with van der Waals surface area (Å²) in [6.45, 7) is 5.33. The molecule has 21 heavy (non-hydrogen) atoms. The number of hydrogen-bond acceptors (Lipinski definition) is 2. The molecule has 0 aliphatic carbocycles. The third kappa shape index (κ3) is 1.99. The summed E-state index contributed by atoms with van der Waals surface area (Å²) in [5.74, 6) is -0.540. The Balaban J connectivity index is 2.53. The van der Waals surface area contributed by atoms with Crippen LogP contribution in [0.5, 0.6) is 0 Å². The van der Waals surface area contributed by atoms with Crippen molar-refractivity contribution in [2.45, 2.75) is 26.4 Å². The highest BCUT2D eigenvalue weighted by atomic mass is 16.3. The number of rotatable bonds is 2. The van der Waals surface area contributed by atoms with Crippen molar-refractivity contribution in [2.75, 3.05) is 0 Å². The fourth-order valence-corrected chi connectivity index (χ4v) is 2.97. The fraction of sp³-hybridized carbons (Fsp3) is 0.235. The zero-order valence-corrected chi connectivity index (χ0v) is 12.3. The topological polar surface area (TPSA) is 79.1 Å². The van der Waals surface area contributed by atoms with Crippen LogP contribution in [0.3, 0.4) is 0 Å². The summed E-state index contributed by atoms with van der Waals surface area (Å²) in [6, 6.07) is 9.68. The SMILES string of the molecule is Cc1cccc2[nH]c3c(C(N)=O)c(C(C)(C)O)ccc3c12. The van der Waals surface area contributed by atoms with Gasteiger partial charge in [0.1, 0.15) is 0 Å². The number of aliphatic hydroxyl groups is 1. The van der Waals surface area contributed by atoms with Crippen LogP contribution < -0.4 is 5.73 Å². The molecule has 4 heteroatoms. The van der Waals surface area contributed by atoms with E-state index >= 15 is 0 Å². The number of primary amides is 1. The van der Waals surface area contributed by atoms with Gasteiger partial charge in [0.2, 0.25) is 0 Å². The van der Waals surface area contributed by atoms with Crippen LogP contribution in [0.1, 0.15) is 35.3 Å². The van der Waals surface area contributed by atoms with Gasteiger partial charge in [0.25, 0.3) is 5.91 Å². The van der Waals surface area contributed by atoms with E-state index in [9.17, 15) is 9.90 Å². The zero-order valence-electron chi connectivity index (χ0n) is 12.3. The Kier molecular flexibility index (Phi) is 2.81. The van der Waals surface area contributed by atoms with Crippen molar-refractivity contribution in [1.82, 2.24) is 4.98 Å². The van der Waals surface area contributed by atoms with Crippen molar-refractivity contribution in [3.63, 3.8) is 0 Å². The van der Waals surface area contributed by atoms with Crippen LogP contribution in [-0.2, 0) is 5.60 Å². The van der Waals surface area contributed by atoms with Gasteiger partial charge in [-0.2, -0.15) is 0 Å². The zero-order chi connectivity index (χ0) is 15.4. The van der Waals surface area contributed by atoms with E-state index in [1.165, 1.54) is 0 Å². The highest BCUT2D eigenvalue weighted by Gasteiger charge is 2.25. The molecule has 0 bridgehead atoms. The average Bonchev–Trinajstić information content (AvgIpc) is 2.75. The van der Waals surface area contributed by atoms with Crippen molar-refractivity contribution in [3.8, 4) is 0 Å². The van der Waals surface area contributed by atoms with Crippen LogP contribution in [0, 0.1) is 6.92 Å². The molecule has 0 spiro atoms. The summed E-state index contributed by atoms with van der Waals surface area (Å²) in [7, 11) is 0. The Hall–Kier alpha value is -2.33. The van der Waals surface area contributed by atoms with Crippen LogP contribution >= 0.6 is 0 Å². The quantitative estimate of drug-likeness (QED) is 0.675. The number of nitrogens with two attached hydrogens (primary N) is 1. The maximum absolute atomic E-state index is 11.9. The van der Waals surface area contributed by atoms with E-state index < -0.39 is 11.5 Å². The number of fused-ring (bicyclic) bond motifs is 3. The van der Waals surface area contributed by atoms with E-state index in [0.717, 1.165) is 21.9 Å². The normalized spacial score (nSPS) is 12.2. The van der Waals surface area contributed by atoms with Gasteiger partial charge in [-0.15, -0.1) is 0 Å². The molecule has 108 valence electrons. The number of benzene rings is 2. The number of nitrogens with one attached hydrogen (secondary N) is 1. The van der Waals surface area contributed by atoms with Gasteiger partial charge >= 0.3 is 0 Å². The molecule has 0 atom stereocenters. The molecule has 0 saturated carbocycles. The first-order valence-electron chi connectivity index (χ1n) is 6.87. The molecular weight excluding hydrogens is 264 g/mol. The first kappa shape index (κ1) is 13.6. The molecule has 0 radical (unpaired) electrons. The number of carbonyl (C=O) groups excluding carboxylic acids is 1. The lowest BCUT2D eigenvalue weighted by atomic mass is 9.90. The van der Waals surface area contributed by atoms with E-state index in [4.69, 9.17) is 5.73 Å². The third-order valence-electron chi connectivity index (χ3n) is 3.91. The Morgan fingerprint density at radius 3 is 2.57 bits per heavy atom. The molecule has 1 aromatic heterocycles. The summed E-state index contributed by atoms with van der Waals surface area (Å²) in [6.07, 6.45) is 0. The van der Waals surface area contributed by atoms with Gasteiger partial charge in [0, 0.05) is 16.3 Å². The highest BCUT2D eigenvalue weighted by Crippen LogP contribution is 2.34. The molecule has 3 aromatic rings. The van der Waals surface area contributed by atoms with Gasteiger partial charge in [-0.25, -0.2) is 0 Å². The predicted molar refractivity (Wildman–Crippen MR) is 84.3 cm³/mol. The van der Waals surface area contributed by atoms with Crippen LogP contribution in [0.2, 0.25) is 0 Å². The summed E-state index contributed by atoms with van der Waals surface area (Å²) in [5.41, 5.74) is 8.10. The van der Waals surface area contributed by atoms with Crippen molar-refractivity contribution in [1.29, 1.82) is 0 Å². The van der Waals surface area contributed by atoms with Gasteiger partial charge in [-0.05, 0) is 38.0 Å². The van der Waals surface area contributed by atoms with Crippen molar-refractivity contribution >= 4 is 27.7 Å². The maximum atomic E-state index is 11.9. The van der Waals surface area contributed by atoms with E-state index in [-0.39, 0.29) is 0 Å². The summed E-state index contributed by atoms with van der Waals surface area (Å²) in [4.78, 5) is 15.2. The van der Waals surface area contributed by atoms with Crippen LogP contribution in [0.4, 0.5) is 0 Å². The number of amides is 1. The second kappa shape index (κ2) is 4.33. The van der Waals surface area contributed by atoms with Gasteiger partial charge < -0.3 is 15.8 Å². The van der Waals surface area contributed by atoms with E-state index in [0.29, 0.717) is 16.6 Å². The molecular formula is C17H18N2O2. The number of hydrogen-bond donors (Lipinski definition) is 3. The lowest BCUT2D eigenvalue weighted by molar-refractivity contribution is 0.0757. The highest BCUT2D eigenvalue weighted by molar-refractivity contribution is 6.16. The molecule has 2 aromatic carbocycles. The maximum Gasteiger partial charge on any atom is 0.251 e. The number of aromatic nitrogens is 1. The molecule has 1 heterocycles. The minimum atomic E-state index is -1.13. The van der Waals surface area contributed by atoms with Crippen molar-refractivity contribution in [3.05, 3.63) is 47.0 Å². The number of carbonyl (C=O) groups is 1. The summed E-state index contributed by atoms with van der Waals surface area (Å²) >= 11 is 0.